The summed E-state index contributed by atoms with van der Waals surface area (Å²) in [5, 5.41) is 10.4. The van der Waals surface area contributed by atoms with Crippen LogP contribution in [0.3, 0.4) is 0 Å². The molecule has 2 aliphatic rings. The zero-order valence-electron chi connectivity index (χ0n) is 19.4. The Morgan fingerprint density at radius 2 is 1.79 bits per heavy atom. The first kappa shape index (κ1) is 26.0. The third-order valence-corrected chi connectivity index (χ3v) is 7.60. The van der Waals surface area contributed by atoms with Crippen molar-refractivity contribution < 1.29 is 14.7 Å². The predicted octanol–water partition coefficient (Wildman–Crippen LogP) is 3.94. The Labute approximate surface area is 207 Å². The molecular weight excluding hydrogens is 461 g/mol. The van der Waals surface area contributed by atoms with Crippen molar-refractivity contribution in [2.24, 2.45) is 5.41 Å². The van der Waals surface area contributed by atoms with Gasteiger partial charge in [0.15, 0.2) is 0 Å². The van der Waals surface area contributed by atoms with Crippen LogP contribution in [0.15, 0.2) is 24.3 Å². The Morgan fingerprint density at radius 1 is 1.06 bits per heavy atom. The first-order chi connectivity index (χ1) is 15.8. The second-order valence-electron chi connectivity index (χ2n) is 9.48. The van der Waals surface area contributed by atoms with Crippen LogP contribution in [-0.4, -0.2) is 84.0 Å². The minimum Gasteiger partial charge on any atom is -0.396 e. The molecule has 3 rings (SSSR count). The van der Waals surface area contributed by atoms with Gasteiger partial charge < -0.3 is 19.8 Å². The van der Waals surface area contributed by atoms with Crippen molar-refractivity contribution >= 4 is 41.1 Å². The molecule has 182 valence electrons. The van der Waals surface area contributed by atoms with E-state index in [2.05, 4.69) is 11.8 Å². The van der Waals surface area contributed by atoms with E-state index in [9.17, 15) is 14.7 Å². The summed E-state index contributed by atoms with van der Waals surface area (Å²) in [4.78, 5) is 31.3. The number of halogens is 2. The zero-order valence-corrected chi connectivity index (χ0v) is 21.0. The normalized spacial score (nSPS) is 19.8. The summed E-state index contributed by atoms with van der Waals surface area (Å²) in [5.74, 6) is 0.0196. The van der Waals surface area contributed by atoms with Crippen LogP contribution in [0.2, 0.25) is 10.0 Å². The molecule has 33 heavy (non-hydrogen) atoms. The zero-order chi connectivity index (χ0) is 23.8. The number of carbonyl (C=O) groups excluding carboxylic acids is 2. The van der Waals surface area contributed by atoms with Crippen LogP contribution in [0, 0.1) is 5.41 Å². The van der Waals surface area contributed by atoms with E-state index in [1.54, 1.807) is 29.2 Å². The van der Waals surface area contributed by atoms with E-state index in [-0.39, 0.29) is 23.8 Å². The second kappa shape index (κ2) is 12.2. The maximum atomic E-state index is 12.6. The molecule has 0 aromatic heterocycles. The molecule has 0 spiro atoms. The summed E-state index contributed by atoms with van der Waals surface area (Å²) in [6, 6.07) is 5.23. The first-order valence-corrected chi connectivity index (χ1v) is 12.6. The minimum absolute atomic E-state index is 0.0787. The Balaban J connectivity index is 1.39. The number of piperidine rings is 1. The fraction of sp³-hybridized carbons (Fsp3) is 0.600. The smallest absolute Gasteiger partial charge is 0.246 e. The molecule has 0 aliphatic carbocycles. The van der Waals surface area contributed by atoms with Gasteiger partial charge in [-0.1, -0.05) is 36.2 Å². The van der Waals surface area contributed by atoms with Crippen LogP contribution in [-0.2, 0) is 9.59 Å². The maximum absolute atomic E-state index is 12.6. The average molecular weight is 496 g/mol. The molecule has 0 radical (unpaired) electrons. The van der Waals surface area contributed by atoms with E-state index in [0.717, 1.165) is 57.4 Å². The molecule has 6 nitrogen and oxygen atoms in total. The molecule has 2 heterocycles. The highest BCUT2D eigenvalue weighted by Crippen LogP contribution is 2.30. The number of hydrogen-bond donors (Lipinski definition) is 1. The number of carbonyl (C=O) groups is 2. The number of nitrogens with zero attached hydrogens (tertiary/aromatic N) is 3. The van der Waals surface area contributed by atoms with Gasteiger partial charge >= 0.3 is 0 Å². The molecule has 1 aromatic carbocycles. The number of amides is 2. The van der Waals surface area contributed by atoms with Gasteiger partial charge in [0.05, 0.1) is 10.0 Å². The topological polar surface area (TPSA) is 64.1 Å². The molecule has 2 fully saturated rings. The van der Waals surface area contributed by atoms with E-state index >= 15 is 0 Å². The van der Waals surface area contributed by atoms with Crippen molar-refractivity contribution in [2.45, 2.75) is 39.0 Å². The maximum Gasteiger partial charge on any atom is 0.246 e. The van der Waals surface area contributed by atoms with Crippen LogP contribution in [0.5, 0.6) is 0 Å². The number of aliphatic hydroxyl groups is 1. The molecule has 0 unspecified atom stereocenters. The van der Waals surface area contributed by atoms with Crippen molar-refractivity contribution in [1.29, 1.82) is 0 Å². The molecular formula is C25H35Cl2N3O3. The number of unbranched alkanes of at least 4 members (excludes halogenated alkanes) is 1. The van der Waals surface area contributed by atoms with Crippen LogP contribution in [0.25, 0.3) is 6.08 Å². The van der Waals surface area contributed by atoms with Gasteiger partial charge in [-0.15, -0.1) is 0 Å². The molecule has 0 atom stereocenters. The lowest BCUT2D eigenvalue weighted by Crippen LogP contribution is -2.41. The van der Waals surface area contributed by atoms with Crippen molar-refractivity contribution in [2.75, 3.05) is 52.4 Å². The third-order valence-electron chi connectivity index (χ3n) is 6.86. The van der Waals surface area contributed by atoms with E-state index in [4.69, 9.17) is 23.2 Å². The Hall–Kier alpha value is -1.60. The lowest BCUT2D eigenvalue weighted by atomic mass is 9.81. The highest BCUT2D eigenvalue weighted by Gasteiger charge is 2.29. The molecule has 2 aliphatic heterocycles. The lowest BCUT2D eigenvalue weighted by molar-refractivity contribution is -0.130. The van der Waals surface area contributed by atoms with Crippen molar-refractivity contribution in [1.82, 2.24) is 14.7 Å². The van der Waals surface area contributed by atoms with Gasteiger partial charge in [-0.3, -0.25) is 9.59 Å². The van der Waals surface area contributed by atoms with Gasteiger partial charge in [-0.2, -0.15) is 0 Å². The highest BCUT2D eigenvalue weighted by molar-refractivity contribution is 6.42. The second-order valence-corrected chi connectivity index (χ2v) is 10.3. The summed E-state index contributed by atoms with van der Waals surface area (Å²) in [5.41, 5.74) is 0.884. The monoisotopic (exact) mass is 495 g/mol. The third kappa shape index (κ3) is 7.71. The van der Waals surface area contributed by atoms with Gasteiger partial charge in [-0.25, -0.2) is 0 Å². The van der Waals surface area contributed by atoms with Gasteiger partial charge in [0.25, 0.3) is 0 Å². The fourth-order valence-corrected chi connectivity index (χ4v) is 4.63. The quantitative estimate of drug-likeness (QED) is 0.438. The van der Waals surface area contributed by atoms with Crippen LogP contribution < -0.4 is 0 Å². The summed E-state index contributed by atoms with van der Waals surface area (Å²) < 4.78 is 0. The standard InChI is InChI=1S/C25H35Cl2N3O3/c1-25(19-31)9-14-28(15-10-25)11-2-3-12-29-16-17-30(13-8-24(29)33)23(32)7-5-20-4-6-21(26)22(27)18-20/h4-7,18,31H,2-3,8-17,19H2,1H3/b7-5+. The predicted molar refractivity (Wildman–Crippen MR) is 133 cm³/mol. The largest absolute Gasteiger partial charge is 0.396 e. The molecule has 8 heteroatoms. The summed E-state index contributed by atoms with van der Waals surface area (Å²) in [6.45, 7) is 7.83. The van der Waals surface area contributed by atoms with Gasteiger partial charge in [-0.05, 0) is 74.5 Å². The fourth-order valence-electron chi connectivity index (χ4n) is 4.33. The molecule has 2 amide bonds. The molecule has 0 saturated carbocycles. The van der Waals surface area contributed by atoms with Crippen LogP contribution >= 0.6 is 23.2 Å². The SMILES string of the molecule is CC1(CO)CCN(CCCCN2CCN(C(=O)/C=C/c3ccc(Cl)c(Cl)c3)CCC2=O)CC1. The molecule has 1 aromatic rings. The number of benzene rings is 1. The minimum atomic E-state index is -0.101. The van der Waals surface area contributed by atoms with E-state index in [1.165, 1.54) is 6.08 Å². The molecule has 2 saturated heterocycles. The van der Waals surface area contributed by atoms with Gasteiger partial charge in [0.1, 0.15) is 0 Å². The summed E-state index contributed by atoms with van der Waals surface area (Å²) in [7, 11) is 0. The van der Waals surface area contributed by atoms with E-state index in [1.807, 2.05) is 4.90 Å². The average Bonchev–Trinajstić information content (AvgIpc) is 3.00. The van der Waals surface area contributed by atoms with Crippen molar-refractivity contribution in [3.63, 3.8) is 0 Å². The Bertz CT molecular complexity index is 853. The lowest BCUT2D eigenvalue weighted by Gasteiger charge is -2.38. The highest BCUT2D eigenvalue weighted by atomic mass is 35.5. The number of hydrogen-bond acceptors (Lipinski definition) is 4. The van der Waals surface area contributed by atoms with Crippen molar-refractivity contribution in [3.8, 4) is 0 Å². The van der Waals surface area contributed by atoms with Crippen LogP contribution in [0.4, 0.5) is 0 Å². The summed E-state index contributed by atoms with van der Waals surface area (Å²) >= 11 is 12.0. The Kier molecular flexibility index (Phi) is 9.62. The Morgan fingerprint density at radius 3 is 2.48 bits per heavy atom. The number of aliphatic hydroxyl groups excluding tert-OH is 1. The van der Waals surface area contributed by atoms with E-state index in [0.29, 0.717) is 36.1 Å². The first-order valence-electron chi connectivity index (χ1n) is 11.8. The number of rotatable bonds is 8. The molecule has 1 N–H and O–H groups in total. The molecule has 0 bridgehead atoms. The van der Waals surface area contributed by atoms with Crippen LogP contribution in [0.1, 0.15) is 44.6 Å². The van der Waals surface area contributed by atoms with Crippen molar-refractivity contribution in [3.05, 3.63) is 39.9 Å². The van der Waals surface area contributed by atoms with Gasteiger partial charge in [0.2, 0.25) is 11.8 Å². The van der Waals surface area contributed by atoms with E-state index < -0.39 is 0 Å². The summed E-state index contributed by atoms with van der Waals surface area (Å²) in [6.07, 6.45) is 7.70. The number of likely N-dealkylation sites (tertiary alicyclic amines) is 1. The van der Waals surface area contributed by atoms with Gasteiger partial charge in [0, 0.05) is 45.3 Å².